The molecule has 1 aliphatic rings. The Morgan fingerprint density at radius 2 is 1.86 bits per heavy atom. The zero-order valence-electron chi connectivity index (χ0n) is 22.5. The zero-order chi connectivity index (χ0) is 27.0. The first-order valence-corrected chi connectivity index (χ1v) is 13.9. The van der Waals surface area contributed by atoms with E-state index < -0.39 is 17.5 Å². The van der Waals surface area contributed by atoms with E-state index in [1.807, 2.05) is 58.0 Å². The lowest BCUT2D eigenvalue weighted by molar-refractivity contribution is -0.129. The smallest absolute Gasteiger partial charge is 0.286 e. The monoisotopic (exact) mass is 529 g/mol. The van der Waals surface area contributed by atoms with Gasteiger partial charge in [-0.15, -0.1) is 10.2 Å². The Bertz CT molecular complexity index is 1060. The highest BCUT2D eigenvalue weighted by Gasteiger charge is 2.45. The van der Waals surface area contributed by atoms with Crippen LogP contribution in [0.3, 0.4) is 0 Å². The van der Waals surface area contributed by atoms with Crippen LogP contribution >= 0.6 is 11.8 Å². The molecule has 10 heteroatoms. The molecule has 0 bridgehead atoms. The summed E-state index contributed by atoms with van der Waals surface area (Å²) in [7, 11) is 3.96. The van der Waals surface area contributed by atoms with Crippen molar-refractivity contribution in [1.82, 2.24) is 25.3 Å². The number of aromatic nitrogens is 2. The Balaban J connectivity index is 1.91. The molecular weight excluding hydrogens is 490 g/mol. The molecule has 0 spiro atoms. The average molecular weight is 530 g/mol. The molecule has 2 aromatic rings. The highest BCUT2D eigenvalue weighted by Crippen LogP contribution is 2.35. The number of nitrogens with zero attached hydrogens (tertiary/aromatic N) is 4. The molecule has 1 saturated carbocycles. The molecule has 1 aromatic carbocycles. The molecule has 202 valence electrons. The number of amides is 2. The molecule has 1 aromatic heterocycles. The van der Waals surface area contributed by atoms with Gasteiger partial charge < -0.3 is 19.5 Å². The van der Waals surface area contributed by atoms with Crippen molar-refractivity contribution in [2.75, 3.05) is 26.4 Å². The van der Waals surface area contributed by atoms with E-state index in [4.69, 9.17) is 4.42 Å². The molecular formula is C27H39N5O4S. The number of carbonyl (C=O) groups excluding carboxylic acids is 3. The maximum Gasteiger partial charge on any atom is 0.286 e. The molecule has 1 unspecified atom stereocenters. The number of Topliss-reactive ketones (excluding diaryl/α,β-unsaturated/α-hetero) is 1. The number of ketones is 1. The summed E-state index contributed by atoms with van der Waals surface area (Å²) in [6, 6.07) is 6.52. The van der Waals surface area contributed by atoms with Crippen molar-refractivity contribution in [3.05, 3.63) is 41.3 Å². The van der Waals surface area contributed by atoms with Gasteiger partial charge in [-0.25, -0.2) is 0 Å². The van der Waals surface area contributed by atoms with Gasteiger partial charge in [0.1, 0.15) is 11.7 Å². The number of aryl methyl sites for hydroxylation is 1. The second-order valence-electron chi connectivity index (χ2n) is 10.4. The van der Waals surface area contributed by atoms with Gasteiger partial charge in [-0.05, 0) is 70.7 Å². The SMILES string of the molecule is Cc1ccccc1C(=O)NC1(N(C=O)C(CC(C)C)C(=O)c2nnc(SCCN(C)C)o2)CCCCC1. The van der Waals surface area contributed by atoms with Crippen molar-refractivity contribution in [3.8, 4) is 0 Å². The molecule has 3 rings (SSSR count). The van der Waals surface area contributed by atoms with Crippen molar-refractivity contribution in [2.45, 2.75) is 76.2 Å². The Labute approximate surface area is 223 Å². The first-order chi connectivity index (χ1) is 17.7. The van der Waals surface area contributed by atoms with E-state index in [-0.39, 0.29) is 17.7 Å². The van der Waals surface area contributed by atoms with Crippen LogP contribution in [-0.2, 0) is 4.79 Å². The fourth-order valence-electron chi connectivity index (χ4n) is 4.78. The van der Waals surface area contributed by atoms with Gasteiger partial charge in [-0.2, -0.15) is 0 Å². The number of rotatable bonds is 13. The lowest BCUT2D eigenvalue weighted by atomic mass is 9.84. The van der Waals surface area contributed by atoms with Crippen molar-refractivity contribution in [1.29, 1.82) is 0 Å². The third kappa shape index (κ3) is 7.41. The van der Waals surface area contributed by atoms with Crippen LogP contribution in [0, 0.1) is 12.8 Å². The van der Waals surface area contributed by atoms with E-state index in [0.717, 1.165) is 37.1 Å². The maximum absolute atomic E-state index is 13.7. The van der Waals surface area contributed by atoms with E-state index >= 15 is 0 Å². The Morgan fingerprint density at radius 3 is 2.49 bits per heavy atom. The maximum atomic E-state index is 13.7. The fourth-order valence-corrected chi connectivity index (χ4v) is 5.65. The fraction of sp³-hybridized carbons (Fsp3) is 0.593. The molecule has 0 radical (unpaired) electrons. The van der Waals surface area contributed by atoms with Crippen molar-refractivity contribution < 1.29 is 18.8 Å². The topological polar surface area (TPSA) is 109 Å². The summed E-state index contributed by atoms with van der Waals surface area (Å²) in [6.45, 7) is 6.71. The molecule has 1 aliphatic carbocycles. The molecule has 0 aliphatic heterocycles. The van der Waals surface area contributed by atoms with Crippen LogP contribution in [0.5, 0.6) is 0 Å². The lowest BCUT2D eigenvalue weighted by Gasteiger charge is -2.48. The van der Waals surface area contributed by atoms with Gasteiger partial charge in [-0.3, -0.25) is 14.4 Å². The molecule has 37 heavy (non-hydrogen) atoms. The number of hydrogen-bond donors (Lipinski definition) is 1. The van der Waals surface area contributed by atoms with Gasteiger partial charge in [-0.1, -0.05) is 50.2 Å². The number of carbonyl (C=O) groups is 3. The second-order valence-corrected chi connectivity index (χ2v) is 11.5. The largest absolute Gasteiger partial charge is 0.408 e. The zero-order valence-corrected chi connectivity index (χ0v) is 23.3. The first kappa shape index (κ1) is 28.8. The molecule has 1 fully saturated rings. The van der Waals surface area contributed by atoms with Crippen LogP contribution < -0.4 is 5.32 Å². The van der Waals surface area contributed by atoms with E-state index in [9.17, 15) is 14.4 Å². The van der Waals surface area contributed by atoms with Gasteiger partial charge in [0.05, 0.1) is 0 Å². The van der Waals surface area contributed by atoms with Crippen LogP contribution in [0.15, 0.2) is 33.9 Å². The van der Waals surface area contributed by atoms with Crippen molar-refractivity contribution in [3.63, 3.8) is 0 Å². The summed E-state index contributed by atoms with van der Waals surface area (Å²) in [5.41, 5.74) is 0.433. The van der Waals surface area contributed by atoms with Crippen LogP contribution in [-0.4, -0.2) is 76.2 Å². The number of nitrogens with one attached hydrogen (secondary N) is 1. The number of thioether (sulfide) groups is 1. The van der Waals surface area contributed by atoms with Crippen LogP contribution in [0.4, 0.5) is 0 Å². The highest BCUT2D eigenvalue weighted by molar-refractivity contribution is 7.99. The van der Waals surface area contributed by atoms with Gasteiger partial charge in [0.2, 0.25) is 12.2 Å². The van der Waals surface area contributed by atoms with Gasteiger partial charge >= 0.3 is 0 Å². The van der Waals surface area contributed by atoms with Crippen LogP contribution in [0.1, 0.15) is 79.0 Å². The molecule has 2 amide bonds. The quantitative estimate of drug-likeness (QED) is 0.178. The van der Waals surface area contributed by atoms with Crippen LogP contribution in [0.25, 0.3) is 0 Å². The van der Waals surface area contributed by atoms with E-state index in [1.165, 1.54) is 16.7 Å². The van der Waals surface area contributed by atoms with Gasteiger partial charge in [0.25, 0.3) is 17.0 Å². The average Bonchev–Trinajstić information content (AvgIpc) is 3.32. The molecule has 0 saturated heterocycles. The second kappa shape index (κ2) is 13.2. The third-order valence-electron chi connectivity index (χ3n) is 6.74. The summed E-state index contributed by atoms with van der Waals surface area (Å²) in [6.07, 6.45) is 4.95. The van der Waals surface area contributed by atoms with E-state index in [0.29, 0.717) is 36.5 Å². The van der Waals surface area contributed by atoms with Crippen LogP contribution in [0.2, 0.25) is 0 Å². The standard InChI is InChI=1S/C27H39N5O4S/c1-19(2)17-22(23(34)25-29-30-26(36-25)37-16-15-31(4)5)32(18-33)27(13-9-6-10-14-27)28-24(35)21-12-8-7-11-20(21)3/h7-8,11-12,18-19,22H,6,9-10,13-17H2,1-5H3,(H,28,35). The summed E-state index contributed by atoms with van der Waals surface area (Å²) >= 11 is 1.39. The van der Waals surface area contributed by atoms with E-state index in [1.54, 1.807) is 6.07 Å². The minimum atomic E-state index is -0.974. The summed E-state index contributed by atoms with van der Waals surface area (Å²) < 4.78 is 5.71. The normalized spacial score (nSPS) is 16.0. The Kier molecular flexibility index (Phi) is 10.3. The van der Waals surface area contributed by atoms with Crippen molar-refractivity contribution in [2.24, 2.45) is 5.92 Å². The summed E-state index contributed by atoms with van der Waals surface area (Å²) in [5.74, 6) is 0.0945. The molecule has 9 nitrogen and oxygen atoms in total. The summed E-state index contributed by atoms with van der Waals surface area (Å²) in [5, 5.41) is 11.6. The highest BCUT2D eigenvalue weighted by atomic mass is 32.2. The minimum Gasteiger partial charge on any atom is -0.408 e. The molecule has 1 N–H and O–H groups in total. The van der Waals surface area contributed by atoms with Gasteiger partial charge in [0, 0.05) is 17.9 Å². The molecule has 1 heterocycles. The predicted octanol–water partition coefficient (Wildman–Crippen LogP) is 4.18. The van der Waals surface area contributed by atoms with E-state index in [2.05, 4.69) is 15.5 Å². The van der Waals surface area contributed by atoms with Gasteiger partial charge in [0.15, 0.2) is 0 Å². The Hall–Kier alpha value is -2.72. The third-order valence-corrected chi connectivity index (χ3v) is 7.54. The minimum absolute atomic E-state index is 0.110. The first-order valence-electron chi connectivity index (χ1n) is 12.9. The number of benzene rings is 1. The predicted molar refractivity (Wildman–Crippen MR) is 144 cm³/mol. The number of hydrogen-bond acceptors (Lipinski definition) is 8. The Morgan fingerprint density at radius 1 is 1.16 bits per heavy atom. The lowest BCUT2D eigenvalue weighted by Crippen LogP contribution is -2.65. The summed E-state index contributed by atoms with van der Waals surface area (Å²) in [4.78, 5) is 43.4. The molecule has 1 atom stereocenters. The van der Waals surface area contributed by atoms with Crippen molar-refractivity contribution >= 4 is 29.9 Å².